The van der Waals surface area contributed by atoms with Crippen molar-refractivity contribution in [2.75, 3.05) is 13.6 Å². The molecule has 1 aliphatic rings. The van der Waals surface area contributed by atoms with Crippen LogP contribution in [0.5, 0.6) is 0 Å². The zero-order chi connectivity index (χ0) is 10.8. The van der Waals surface area contributed by atoms with Gasteiger partial charge in [-0.05, 0) is 44.9 Å². The van der Waals surface area contributed by atoms with Gasteiger partial charge in [0.1, 0.15) is 11.5 Å². The van der Waals surface area contributed by atoms with Gasteiger partial charge < -0.3 is 9.52 Å². The molecule has 0 aliphatic heterocycles. The van der Waals surface area contributed by atoms with E-state index in [9.17, 15) is 5.11 Å². The molecule has 15 heavy (non-hydrogen) atoms. The molecular weight excluding hydrogens is 190 g/mol. The molecule has 1 N–H and O–H groups in total. The smallest absolute Gasteiger partial charge is 0.118 e. The molecule has 1 heterocycles. The van der Waals surface area contributed by atoms with Crippen LogP contribution in [-0.2, 0) is 6.54 Å². The predicted octanol–water partition coefficient (Wildman–Crippen LogP) is 1.79. The van der Waals surface area contributed by atoms with E-state index >= 15 is 0 Å². The largest absolute Gasteiger partial charge is 0.465 e. The van der Waals surface area contributed by atoms with Crippen molar-refractivity contribution < 1.29 is 9.52 Å². The van der Waals surface area contributed by atoms with Crippen molar-refractivity contribution in [2.24, 2.45) is 5.92 Å². The maximum Gasteiger partial charge on any atom is 0.118 e. The van der Waals surface area contributed by atoms with Gasteiger partial charge >= 0.3 is 0 Å². The first-order valence-corrected chi connectivity index (χ1v) is 5.55. The highest BCUT2D eigenvalue weighted by molar-refractivity contribution is 5.05. The van der Waals surface area contributed by atoms with E-state index in [1.807, 2.05) is 19.1 Å². The van der Waals surface area contributed by atoms with Crippen LogP contribution in [0.15, 0.2) is 16.5 Å². The molecule has 84 valence electrons. The highest BCUT2D eigenvalue weighted by Gasteiger charge is 2.27. The fourth-order valence-corrected chi connectivity index (χ4v) is 2.19. The third-order valence-electron chi connectivity index (χ3n) is 3.00. The lowest BCUT2D eigenvalue weighted by Gasteiger charge is -2.34. The van der Waals surface area contributed by atoms with E-state index < -0.39 is 0 Å². The van der Waals surface area contributed by atoms with Crippen LogP contribution >= 0.6 is 0 Å². The second kappa shape index (κ2) is 4.37. The Labute approximate surface area is 90.7 Å². The zero-order valence-corrected chi connectivity index (χ0v) is 9.44. The molecule has 0 spiro atoms. The van der Waals surface area contributed by atoms with Gasteiger partial charge in [-0.25, -0.2) is 0 Å². The first kappa shape index (κ1) is 10.7. The maximum absolute atomic E-state index is 9.19. The minimum Gasteiger partial charge on any atom is -0.465 e. The van der Waals surface area contributed by atoms with Crippen molar-refractivity contribution in [1.82, 2.24) is 4.90 Å². The van der Waals surface area contributed by atoms with Crippen LogP contribution in [-0.4, -0.2) is 29.7 Å². The van der Waals surface area contributed by atoms with Crippen molar-refractivity contribution in [3.05, 3.63) is 23.7 Å². The number of hydrogen-bond acceptors (Lipinski definition) is 3. The van der Waals surface area contributed by atoms with Crippen LogP contribution in [0.1, 0.15) is 24.4 Å². The highest BCUT2D eigenvalue weighted by atomic mass is 16.3. The average Bonchev–Trinajstić information content (AvgIpc) is 2.48. The van der Waals surface area contributed by atoms with Crippen LogP contribution in [0.3, 0.4) is 0 Å². The van der Waals surface area contributed by atoms with Gasteiger partial charge in [-0.15, -0.1) is 0 Å². The van der Waals surface area contributed by atoms with Gasteiger partial charge in [0.05, 0.1) is 12.6 Å². The van der Waals surface area contributed by atoms with Gasteiger partial charge in [-0.1, -0.05) is 0 Å². The van der Waals surface area contributed by atoms with Crippen molar-refractivity contribution in [1.29, 1.82) is 0 Å². The summed E-state index contributed by atoms with van der Waals surface area (Å²) in [7, 11) is 2.10. The molecule has 0 amide bonds. The minimum absolute atomic E-state index is 0.0470. The van der Waals surface area contributed by atoms with E-state index in [1.54, 1.807) is 0 Å². The molecular formula is C12H19NO2. The predicted molar refractivity (Wildman–Crippen MR) is 58.5 cm³/mol. The molecule has 1 aromatic rings. The Balaban J connectivity index is 1.75. The molecule has 1 fully saturated rings. The zero-order valence-electron chi connectivity index (χ0n) is 9.44. The molecule has 0 saturated heterocycles. The molecule has 1 aromatic heterocycles. The molecule has 2 rings (SSSR count). The average molecular weight is 209 g/mol. The molecule has 0 bridgehead atoms. The summed E-state index contributed by atoms with van der Waals surface area (Å²) in [6.07, 6.45) is 1.87. The lowest BCUT2D eigenvalue weighted by atomic mass is 9.82. The van der Waals surface area contributed by atoms with E-state index in [2.05, 4.69) is 11.9 Å². The molecule has 0 radical (unpaired) electrons. The first-order valence-electron chi connectivity index (χ1n) is 5.55. The Morgan fingerprint density at radius 1 is 1.47 bits per heavy atom. The second-order valence-electron chi connectivity index (χ2n) is 4.70. The van der Waals surface area contributed by atoms with Crippen LogP contribution in [0.4, 0.5) is 0 Å². The van der Waals surface area contributed by atoms with E-state index in [0.29, 0.717) is 5.92 Å². The van der Waals surface area contributed by atoms with Crippen molar-refractivity contribution in [2.45, 2.75) is 32.4 Å². The van der Waals surface area contributed by atoms with Crippen LogP contribution in [0, 0.1) is 12.8 Å². The summed E-state index contributed by atoms with van der Waals surface area (Å²) in [5, 5.41) is 9.19. The molecule has 3 heteroatoms. The Morgan fingerprint density at radius 3 is 2.73 bits per heavy atom. The van der Waals surface area contributed by atoms with Crippen molar-refractivity contribution >= 4 is 0 Å². The Bertz CT molecular complexity index is 315. The summed E-state index contributed by atoms with van der Waals surface area (Å²) in [6.45, 7) is 3.88. The molecule has 1 aliphatic carbocycles. The highest BCUT2D eigenvalue weighted by Crippen LogP contribution is 2.27. The van der Waals surface area contributed by atoms with Crippen LogP contribution in [0.2, 0.25) is 0 Å². The minimum atomic E-state index is -0.0470. The summed E-state index contributed by atoms with van der Waals surface area (Å²) < 4.78 is 5.52. The summed E-state index contributed by atoms with van der Waals surface area (Å²) in [5.41, 5.74) is 0. The van der Waals surface area contributed by atoms with E-state index in [-0.39, 0.29) is 6.10 Å². The van der Waals surface area contributed by atoms with E-state index in [4.69, 9.17) is 4.42 Å². The summed E-state index contributed by atoms with van der Waals surface area (Å²) in [4.78, 5) is 2.26. The van der Waals surface area contributed by atoms with Crippen molar-refractivity contribution in [3.8, 4) is 0 Å². The Hall–Kier alpha value is -0.800. The lowest BCUT2D eigenvalue weighted by molar-refractivity contribution is 0.0266. The normalized spacial score (nSPS) is 25.6. The Morgan fingerprint density at radius 2 is 2.20 bits per heavy atom. The fraction of sp³-hybridized carbons (Fsp3) is 0.667. The fourth-order valence-electron chi connectivity index (χ4n) is 2.19. The standard InChI is InChI=1S/C12H19NO2/c1-9-3-4-12(15-9)8-13(2)7-10-5-11(14)6-10/h3-4,10-11,14H,5-8H2,1-2H3. The molecule has 0 aromatic carbocycles. The number of furan rings is 1. The van der Waals surface area contributed by atoms with Gasteiger partial charge in [0, 0.05) is 6.54 Å². The Kier molecular flexibility index (Phi) is 3.12. The van der Waals surface area contributed by atoms with Crippen LogP contribution in [0.25, 0.3) is 0 Å². The topological polar surface area (TPSA) is 36.6 Å². The SMILES string of the molecule is Cc1ccc(CN(C)CC2CC(O)C2)o1. The van der Waals surface area contributed by atoms with Gasteiger partial charge in [0.25, 0.3) is 0 Å². The monoisotopic (exact) mass is 209 g/mol. The summed E-state index contributed by atoms with van der Waals surface area (Å²) in [6, 6.07) is 4.03. The number of nitrogens with zero attached hydrogens (tertiary/aromatic N) is 1. The molecule has 0 atom stereocenters. The van der Waals surface area contributed by atoms with Gasteiger partial charge in [0.15, 0.2) is 0 Å². The molecule has 1 saturated carbocycles. The third kappa shape index (κ3) is 2.83. The summed E-state index contributed by atoms with van der Waals surface area (Å²) >= 11 is 0. The van der Waals surface area contributed by atoms with Gasteiger partial charge in [-0.2, -0.15) is 0 Å². The molecule has 0 unspecified atom stereocenters. The maximum atomic E-state index is 9.19. The van der Waals surface area contributed by atoms with Gasteiger partial charge in [-0.3, -0.25) is 4.90 Å². The second-order valence-corrected chi connectivity index (χ2v) is 4.70. The number of aliphatic hydroxyl groups excluding tert-OH is 1. The number of aliphatic hydroxyl groups is 1. The lowest BCUT2D eigenvalue weighted by Crippen LogP contribution is -2.36. The van der Waals surface area contributed by atoms with E-state index in [1.165, 1.54) is 0 Å². The van der Waals surface area contributed by atoms with Crippen LogP contribution < -0.4 is 0 Å². The van der Waals surface area contributed by atoms with Crippen molar-refractivity contribution in [3.63, 3.8) is 0 Å². The summed E-state index contributed by atoms with van der Waals surface area (Å²) in [5.74, 6) is 2.66. The first-order chi connectivity index (χ1) is 7.13. The third-order valence-corrected chi connectivity index (χ3v) is 3.00. The number of aryl methyl sites for hydroxylation is 1. The number of rotatable bonds is 4. The molecule has 3 nitrogen and oxygen atoms in total. The van der Waals surface area contributed by atoms with Gasteiger partial charge in [0.2, 0.25) is 0 Å². The van der Waals surface area contributed by atoms with E-state index in [0.717, 1.165) is 37.5 Å². The number of hydrogen-bond donors (Lipinski definition) is 1. The quantitative estimate of drug-likeness (QED) is 0.821.